The van der Waals surface area contributed by atoms with E-state index in [1.165, 1.54) is 0 Å². The van der Waals surface area contributed by atoms with Gasteiger partial charge < -0.3 is 11.1 Å². The van der Waals surface area contributed by atoms with Crippen LogP contribution in [0.25, 0.3) is 0 Å². The zero-order chi connectivity index (χ0) is 12.1. The molecular weight excluding hydrogens is 270 g/mol. The van der Waals surface area contributed by atoms with Gasteiger partial charge in [0.2, 0.25) is 5.91 Å². The van der Waals surface area contributed by atoms with Crippen molar-refractivity contribution in [2.45, 2.75) is 26.3 Å². The van der Waals surface area contributed by atoms with E-state index < -0.39 is 6.04 Å². The van der Waals surface area contributed by atoms with Gasteiger partial charge in [0.05, 0.1) is 6.04 Å². The summed E-state index contributed by atoms with van der Waals surface area (Å²) in [6, 6.07) is 3.06. The van der Waals surface area contributed by atoms with Crippen LogP contribution in [-0.4, -0.2) is 16.9 Å². The van der Waals surface area contributed by atoms with Gasteiger partial charge in [-0.15, -0.1) is 0 Å². The number of aromatic nitrogens is 1. The highest BCUT2D eigenvalue weighted by molar-refractivity contribution is 9.10. The van der Waals surface area contributed by atoms with E-state index >= 15 is 0 Å². The summed E-state index contributed by atoms with van der Waals surface area (Å²) in [5.41, 5.74) is 5.75. The van der Waals surface area contributed by atoms with Crippen molar-refractivity contribution in [1.29, 1.82) is 0 Å². The first-order valence-electron chi connectivity index (χ1n) is 5.17. The number of rotatable bonds is 4. The summed E-state index contributed by atoms with van der Waals surface area (Å²) < 4.78 is 0.872. The minimum Gasteiger partial charge on any atom is -0.320 e. The second-order valence-electron chi connectivity index (χ2n) is 4.09. The average Bonchev–Trinajstić information content (AvgIpc) is 2.20. The SMILES string of the molecule is CC(C)C[C@H](N)C(=O)Nc1ccc(Br)cn1. The predicted molar refractivity (Wildman–Crippen MR) is 68.0 cm³/mol. The number of hydrogen-bond acceptors (Lipinski definition) is 3. The lowest BCUT2D eigenvalue weighted by molar-refractivity contribution is -0.117. The van der Waals surface area contributed by atoms with Crippen LogP contribution in [0.3, 0.4) is 0 Å². The molecule has 16 heavy (non-hydrogen) atoms. The number of pyridine rings is 1. The molecule has 0 aliphatic carbocycles. The fourth-order valence-corrected chi connectivity index (χ4v) is 1.52. The number of carbonyl (C=O) groups excluding carboxylic acids is 1. The third-order valence-corrected chi connectivity index (χ3v) is 2.51. The number of nitrogens with zero attached hydrogens (tertiary/aromatic N) is 1. The van der Waals surface area contributed by atoms with Gasteiger partial charge in [-0.05, 0) is 40.4 Å². The molecule has 0 saturated carbocycles. The molecule has 5 heteroatoms. The third-order valence-electron chi connectivity index (χ3n) is 2.04. The van der Waals surface area contributed by atoms with Crippen molar-refractivity contribution in [2.24, 2.45) is 11.7 Å². The van der Waals surface area contributed by atoms with E-state index in [4.69, 9.17) is 5.73 Å². The Kier molecular flexibility index (Phi) is 4.89. The fraction of sp³-hybridized carbons (Fsp3) is 0.455. The molecular formula is C11H16BrN3O. The van der Waals surface area contributed by atoms with E-state index in [0.29, 0.717) is 18.2 Å². The molecule has 3 N–H and O–H groups in total. The number of nitrogens with two attached hydrogens (primary N) is 1. The van der Waals surface area contributed by atoms with Crippen molar-refractivity contribution in [1.82, 2.24) is 4.98 Å². The summed E-state index contributed by atoms with van der Waals surface area (Å²) in [7, 11) is 0. The molecule has 1 aromatic heterocycles. The van der Waals surface area contributed by atoms with Crippen LogP contribution in [0.5, 0.6) is 0 Å². The molecule has 0 radical (unpaired) electrons. The van der Waals surface area contributed by atoms with Crippen LogP contribution in [0, 0.1) is 5.92 Å². The van der Waals surface area contributed by atoms with Crippen LogP contribution in [-0.2, 0) is 4.79 Å². The van der Waals surface area contributed by atoms with Crippen molar-refractivity contribution in [3.8, 4) is 0 Å². The van der Waals surface area contributed by atoms with Crippen LogP contribution in [0.1, 0.15) is 20.3 Å². The largest absolute Gasteiger partial charge is 0.320 e. The maximum Gasteiger partial charge on any atom is 0.242 e. The van der Waals surface area contributed by atoms with Crippen LogP contribution in [0.2, 0.25) is 0 Å². The van der Waals surface area contributed by atoms with Gasteiger partial charge in [0.1, 0.15) is 5.82 Å². The monoisotopic (exact) mass is 285 g/mol. The summed E-state index contributed by atoms with van der Waals surface area (Å²) in [6.45, 7) is 4.07. The first-order chi connectivity index (χ1) is 7.49. The van der Waals surface area contributed by atoms with E-state index in [0.717, 1.165) is 4.47 Å². The lowest BCUT2D eigenvalue weighted by Crippen LogP contribution is -2.36. The van der Waals surface area contributed by atoms with Gasteiger partial charge in [-0.3, -0.25) is 4.79 Å². The van der Waals surface area contributed by atoms with Crippen molar-refractivity contribution in [3.05, 3.63) is 22.8 Å². The van der Waals surface area contributed by atoms with Gasteiger partial charge in [0, 0.05) is 10.7 Å². The van der Waals surface area contributed by atoms with Gasteiger partial charge in [-0.25, -0.2) is 4.98 Å². The molecule has 0 aromatic carbocycles. The lowest BCUT2D eigenvalue weighted by Gasteiger charge is -2.13. The molecule has 0 aliphatic rings. The number of nitrogens with one attached hydrogen (secondary N) is 1. The van der Waals surface area contributed by atoms with Gasteiger partial charge in [-0.1, -0.05) is 13.8 Å². The van der Waals surface area contributed by atoms with Crippen molar-refractivity contribution >= 4 is 27.7 Å². The first kappa shape index (κ1) is 13.1. The summed E-state index contributed by atoms with van der Waals surface area (Å²) in [6.07, 6.45) is 2.30. The van der Waals surface area contributed by atoms with E-state index in [-0.39, 0.29) is 5.91 Å². The highest BCUT2D eigenvalue weighted by Gasteiger charge is 2.15. The maximum atomic E-state index is 11.6. The Morgan fingerprint density at radius 2 is 2.25 bits per heavy atom. The van der Waals surface area contributed by atoms with E-state index in [1.54, 1.807) is 12.3 Å². The summed E-state index contributed by atoms with van der Waals surface area (Å²) in [5, 5.41) is 2.68. The molecule has 1 amide bonds. The molecule has 1 rings (SSSR count). The van der Waals surface area contributed by atoms with Gasteiger partial charge in [0.15, 0.2) is 0 Å². The van der Waals surface area contributed by atoms with Gasteiger partial charge in [0.25, 0.3) is 0 Å². The van der Waals surface area contributed by atoms with Crippen LogP contribution < -0.4 is 11.1 Å². The number of hydrogen-bond donors (Lipinski definition) is 2. The summed E-state index contributed by atoms with van der Waals surface area (Å²) >= 11 is 3.27. The molecule has 0 aliphatic heterocycles. The highest BCUT2D eigenvalue weighted by atomic mass is 79.9. The lowest BCUT2D eigenvalue weighted by atomic mass is 10.0. The highest BCUT2D eigenvalue weighted by Crippen LogP contribution is 2.11. The zero-order valence-corrected chi connectivity index (χ0v) is 11.0. The first-order valence-corrected chi connectivity index (χ1v) is 5.96. The molecule has 0 bridgehead atoms. The van der Waals surface area contributed by atoms with Crippen molar-refractivity contribution in [3.63, 3.8) is 0 Å². The van der Waals surface area contributed by atoms with E-state index in [1.807, 2.05) is 19.9 Å². The Labute approximate surface area is 104 Å². The number of halogens is 1. The minimum atomic E-state index is -0.481. The predicted octanol–water partition coefficient (Wildman–Crippen LogP) is 2.16. The Morgan fingerprint density at radius 1 is 1.56 bits per heavy atom. The van der Waals surface area contributed by atoms with E-state index in [2.05, 4.69) is 26.2 Å². The standard InChI is InChI=1S/C11H16BrN3O/c1-7(2)5-9(13)11(16)15-10-4-3-8(12)6-14-10/h3-4,6-7,9H,5,13H2,1-2H3,(H,14,15,16)/t9-/m0/s1. The van der Waals surface area contributed by atoms with E-state index in [9.17, 15) is 4.79 Å². The smallest absolute Gasteiger partial charge is 0.242 e. The molecule has 1 atom stereocenters. The topological polar surface area (TPSA) is 68.0 Å². The molecule has 0 spiro atoms. The minimum absolute atomic E-state index is 0.191. The normalized spacial score (nSPS) is 12.6. The van der Waals surface area contributed by atoms with Crippen LogP contribution >= 0.6 is 15.9 Å². The van der Waals surface area contributed by atoms with Crippen molar-refractivity contribution < 1.29 is 4.79 Å². The van der Waals surface area contributed by atoms with Gasteiger partial charge >= 0.3 is 0 Å². The number of anilines is 1. The second kappa shape index (κ2) is 5.96. The molecule has 88 valence electrons. The fourth-order valence-electron chi connectivity index (χ4n) is 1.28. The maximum absolute atomic E-state index is 11.6. The molecule has 0 unspecified atom stereocenters. The average molecular weight is 286 g/mol. The number of amides is 1. The Morgan fingerprint density at radius 3 is 2.75 bits per heavy atom. The van der Waals surface area contributed by atoms with Crippen LogP contribution in [0.15, 0.2) is 22.8 Å². The summed E-state index contributed by atoms with van der Waals surface area (Å²) in [4.78, 5) is 15.7. The molecule has 0 fully saturated rings. The molecule has 0 saturated heterocycles. The Bertz CT molecular complexity index is 351. The zero-order valence-electron chi connectivity index (χ0n) is 9.40. The second-order valence-corrected chi connectivity index (χ2v) is 5.00. The van der Waals surface area contributed by atoms with Crippen molar-refractivity contribution in [2.75, 3.05) is 5.32 Å². The quantitative estimate of drug-likeness (QED) is 0.891. The Balaban J connectivity index is 2.54. The molecule has 4 nitrogen and oxygen atoms in total. The van der Waals surface area contributed by atoms with Gasteiger partial charge in [-0.2, -0.15) is 0 Å². The Hall–Kier alpha value is -0.940. The molecule has 1 aromatic rings. The molecule has 1 heterocycles. The number of carbonyl (C=O) groups is 1. The summed E-state index contributed by atoms with van der Waals surface area (Å²) in [5.74, 6) is 0.731. The third kappa shape index (κ3) is 4.28. The van der Waals surface area contributed by atoms with Crippen LogP contribution in [0.4, 0.5) is 5.82 Å².